The van der Waals surface area contributed by atoms with E-state index in [2.05, 4.69) is 20.4 Å². The van der Waals surface area contributed by atoms with E-state index in [4.69, 9.17) is 9.26 Å². The van der Waals surface area contributed by atoms with Crippen LogP contribution in [0.4, 0.5) is 0 Å². The lowest BCUT2D eigenvalue weighted by atomic mass is 10.1. The summed E-state index contributed by atoms with van der Waals surface area (Å²) in [5.41, 5.74) is 0.204. The quantitative estimate of drug-likeness (QED) is 0.532. The molecule has 28 heavy (non-hydrogen) atoms. The van der Waals surface area contributed by atoms with Gasteiger partial charge in [-0.05, 0) is 19.1 Å². The lowest BCUT2D eigenvalue weighted by Crippen LogP contribution is -2.24. The van der Waals surface area contributed by atoms with Crippen LogP contribution in [-0.4, -0.2) is 25.6 Å². The van der Waals surface area contributed by atoms with E-state index in [1.165, 1.54) is 0 Å². The van der Waals surface area contributed by atoms with E-state index >= 15 is 0 Å². The third-order valence-electron chi connectivity index (χ3n) is 4.35. The van der Waals surface area contributed by atoms with Crippen LogP contribution >= 0.6 is 0 Å². The van der Waals surface area contributed by atoms with Gasteiger partial charge in [-0.3, -0.25) is 9.78 Å². The van der Waals surface area contributed by atoms with E-state index in [1.807, 2.05) is 42.0 Å². The van der Waals surface area contributed by atoms with Crippen molar-refractivity contribution in [3.8, 4) is 5.75 Å². The van der Waals surface area contributed by atoms with E-state index in [0.29, 0.717) is 18.1 Å². The van der Waals surface area contributed by atoms with Crippen LogP contribution in [0.5, 0.6) is 5.75 Å². The number of hydrogen-bond donors (Lipinski definition) is 1. The fourth-order valence-electron chi connectivity index (χ4n) is 2.90. The minimum Gasteiger partial charge on any atom is -0.485 e. The number of aryl methyl sites for hydroxylation is 1. The zero-order chi connectivity index (χ0) is 19.3. The molecule has 1 amide bonds. The van der Waals surface area contributed by atoms with Crippen molar-refractivity contribution in [1.82, 2.24) is 25.0 Å². The van der Waals surface area contributed by atoms with Gasteiger partial charge in [0.2, 0.25) is 0 Å². The third kappa shape index (κ3) is 3.71. The summed E-state index contributed by atoms with van der Waals surface area (Å²) in [6, 6.07) is 9.22. The van der Waals surface area contributed by atoms with Crippen molar-refractivity contribution in [2.75, 3.05) is 0 Å². The van der Waals surface area contributed by atoms with Crippen LogP contribution < -0.4 is 10.1 Å². The first kappa shape index (κ1) is 17.7. The standard InChI is InChI=1S/C20H19N5O3/c1-2-25-9-8-22-19(25)12-23-20(26)17-10-15(28-24-17)13-27-18-5-3-4-14-11-21-7-6-16(14)18/h3-11H,2,12-13H2,1H3,(H,23,26). The molecule has 0 bridgehead atoms. The number of rotatable bonds is 7. The van der Waals surface area contributed by atoms with E-state index in [1.54, 1.807) is 24.7 Å². The van der Waals surface area contributed by atoms with Gasteiger partial charge in [-0.1, -0.05) is 17.3 Å². The van der Waals surface area contributed by atoms with Gasteiger partial charge < -0.3 is 19.1 Å². The number of ether oxygens (including phenoxy) is 1. The lowest BCUT2D eigenvalue weighted by molar-refractivity contribution is 0.0940. The van der Waals surface area contributed by atoms with Crippen LogP contribution in [0, 0.1) is 0 Å². The number of carbonyl (C=O) groups is 1. The molecule has 142 valence electrons. The number of nitrogens with zero attached hydrogens (tertiary/aromatic N) is 4. The van der Waals surface area contributed by atoms with Crippen LogP contribution in [0.25, 0.3) is 10.8 Å². The fourth-order valence-corrected chi connectivity index (χ4v) is 2.90. The van der Waals surface area contributed by atoms with Gasteiger partial charge in [0.25, 0.3) is 5.91 Å². The minimum atomic E-state index is -0.322. The Morgan fingerprint density at radius 1 is 1.29 bits per heavy atom. The lowest BCUT2D eigenvalue weighted by Gasteiger charge is -2.07. The summed E-state index contributed by atoms with van der Waals surface area (Å²) in [7, 11) is 0. The second kappa shape index (κ2) is 7.91. The Labute approximate surface area is 161 Å². The summed E-state index contributed by atoms with van der Waals surface area (Å²) in [6.45, 7) is 3.30. The maximum absolute atomic E-state index is 12.3. The molecule has 0 aliphatic rings. The van der Waals surface area contributed by atoms with E-state index in [0.717, 1.165) is 23.1 Å². The molecule has 1 N–H and O–H groups in total. The predicted octanol–water partition coefficient (Wildman–Crippen LogP) is 2.95. The van der Waals surface area contributed by atoms with E-state index in [9.17, 15) is 4.79 Å². The summed E-state index contributed by atoms with van der Waals surface area (Å²) in [4.78, 5) is 20.6. The van der Waals surface area contributed by atoms with Gasteiger partial charge in [0.15, 0.2) is 11.5 Å². The highest BCUT2D eigenvalue weighted by Gasteiger charge is 2.14. The molecule has 0 radical (unpaired) electrons. The molecule has 0 spiro atoms. The number of nitrogens with one attached hydrogen (secondary N) is 1. The van der Waals surface area contributed by atoms with Crippen molar-refractivity contribution >= 4 is 16.7 Å². The highest BCUT2D eigenvalue weighted by atomic mass is 16.5. The predicted molar refractivity (Wildman–Crippen MR) is 102 cm³/mol. The monoisotopic (exact) mass is 377 g/mol. The van der Waals surface area contributed by atoms with Crippen molar-refractivity contribution < 1.29 is 14.1 Å². The second-order valence-corrected chi connectivity index (χ2v) is 6.13. The van der Waals surface area contributed by atoms with E-state index < -0.39 is 0 Å². The molecule has 3 aromatic heterocycles. The molecule has 8 heteroatoms. The van der Waals surface area contributed by atoms with Gasteiger partial charge in [-0.25, -0.2) is 4.98 Å². The fraction of sp³-hybridized carbons (Fsp3) is 0.200. The summed E-state index contributed by atoms with van der Waals surface area (Å²) >= 11 is 0. The topological polar surface area (TPSA) is 95.1 Å². The van der Waals surface area contributed by atoms with Crippen molar-refractivity contribution in [2.24, 2.45) is 0 Å². The van der Waals surface area contributed by atoms with Crippen LogP contribution in [0.15, 0.2) is 59.6 Å². The highest BCUT2D eigenvalue weighted by molar-refractivity contribution is 5.92. The summed E-state index contributed by atoms with van der Waals surface area (Å²) in [6.07, 6.45) is 7.08. The van der Waals surface area contributed by atoms with Gasteiger partial charge in [0.1, 0.15) is 18.2 Å². The van der Waals surface area contributed by atoms with Crippen LogP contribution in [0.2, 0.25) is 0 Å². The van der Waals surface area contributed by atoms with Crippen molar-refractivity contribution in [3.63, 3.8) is 0 Å². The third-order valence-corrected chi connectivity index (χ3v) is 4.35. The minimum absolute atomic E-state index is 0.169. The number of carbonyl (C=O) groups excluding carboxylic acids is 1. The van der Waals surface area contributed by atoms with Gasteiger partial charge in [-0.2, -0.15) is 0 Å². The molecule has 3 heterocycles. The zero-order valence-corrected chi connectivity index (χ0v) is 15.3. The first-order chi connectivity index (χ1) is 13.7. The average molecular weight is 377 g/mol. The van der Waals surface area contributed by atoms with Crippen LogP contribution in [0.1, 0.15) is 29.0 Å². The molecule has 0 aliphatic carbocycles. The van der Waals surface area contributed by atoms with Crippen LogP contribution in [0.3, 0.4) is 0 Å². The summed E-state index contributed by atoms with van der Waals surface area (Å²) in [5, 5.41) is 8.57. The molecule has 0 saturated heterocycles. The normalized spacial score (nSPS) is 10.9. The Balaban J connectivity index is 1.38. The molecule has 4 aromatic rings. The number of aromatic nitrogens is 4. The molecule has 4 rings (SSSR count). The Morgan fingerprint density at radius 2 is 2.21 bits per heavy atom. The molecule has 0 unspecified atom stereocenters. The Kier molecular flexibility index (Phi) is 5.01. The highest BCUT2D eigenvalue weighted by Crippen LogP contribution is 2.25. The van der Waals surface area contributed by atoms with E-state index in [-0.39, 0.29) is 18.2 Å². The number of imidazole rings is 1. The Morgan fingerprint density at radius 3 is 3.11 bits per heavy atom. The van der Waals surface area contributed by atoms with Gasteiger partial charge in [0.05, 0.1) is 6.54 Å². The van der Waals surface area contributed by atoms with Crippen LogP contribution in [-0.2, 0) is 19.7 Å². The zero-order valence-electron chi connectivity index (χ0n) is 15.3. The number of benzene rings is 1. The maximum atomic E-state index is 12.3. The molecular weight excluding hydrogens is 358 g/mol. The molecule has 0 fully saturated rings. The van der Waals surface area contributed by atoms with Gasteiger partial charge in [-0.15, -0.1) is 0 Å². The average Bonchev–Trinajstić information content (AvgIpc) is 3.39. The van der Waals surface area contributed by atoms with Gasteiger partial charge in [0, 0.05) is 48.2 Å². The first-order valence-corrected chi connectivity index (χ1v) is 8.94. The largest absolute Gasteiger partial charge is 0.485 e. The Hall–Kier alpha value is -3.68. The molecule has 8 nitrogen and oxygen atoms in total. The van der Waals surface area contributed by atoms with Gasteiger partial charge >= 0.3 is 0 Å². The second-order valence-electron chi connectivity index (χ2n) is 6.13. The molecular formula is C20H19N5O3. The number of amides is 1. The maximum Gasteiger partial charge on any atom is 0.273 e. The Bertz CT molecular complexity index is 1100. The van der Waals surface area contributed by atoms with Crippen molar-refractivity contribution in [2.45, 2.75) is 26.6 Å². The van der Waals surface area contributed by atoms with Crippen molar-refractivity contribution in [3.05, 3.63) is 72.4 Å². The molecule has 0 saturated carbocycles. The first-order valence-electron chi connectivity index (χ1n) is 8.94. The summed E-state index contributed by atoms with van der Waals surface area (Å²) < 4.78 is 13.0. The molecule has 1 aromatic carbocycles. The number of hydrogen-bond acceptors (Lipinski definition) is 6. The van der Waals surface area contributed by atoms with Crippen molar-refractivity contribution in [1.29, 1.82) is 0 Å². The summed E-state index contributed by atoms with van der Waals surface area (Å²) in [5.74, 6) is 1.64. The number of pyridine rings is 1. The smallest absolute Gasteiger partial charge is 0.273 e. The molecule has 0 aliphatic heterocycles. The molecule has 0 atom stereocenters. The SMILES string of the molecule is CCn1ccnc1CNC(=O)c1cc(COc2cccc3cnccc23)on1. The number of fused-ring (bicyclic) bond motifs is 1.